The van der Waals surface area contributed by atoms with Gasteiger partial charge in [-0.25, -0.2) is 15.0 Å². The van der Waals surface area contributed by atoms with Gasteiger partial charge in [-0.15, -0.1) is 0 Å². The highest BCUT2D eigenvalue weighted by Crippen LogP contribution is 2.30. The number of nitrogens with zero attached hydrogens (tertiary/aromatic N) is 4. The minimum Gasteiger partial charge on any atom is -0.355 e. The molecule has 1 aliphatic heterocycles. The number of nitrogens with two attached hydrogens (primary N) is 1. The molecule has 0 unspecified atom stereocenters. The van der Waals surface area contributed by atoms with Crippen LogP contribution in [-0.2, 0) is 6.42 Å². The number of H-pyrrole nitrogens is 1. The molecule has 25 heavy (non-hydrogen) atoms. The Morgan fingerprint density at radius 1 is 1.12 bits per heavy atom. The highest BCUT2D eigenvalue weighted by molar-refractivity contribution is 6.42. The second kappa shape index (κ2) is 6.44. The van der Waals surface area contributed by atoms with E-state index < -0.39 is 0 Å². The quantitative estimate of drug-likeness (QED) is 0.732. The van der Waals surface area contributed by atoms with Crippen molar-refractivity contribution >= 4 is 40.2 Å². The van der Waals surface area contributed by atoms with Gasteiger partial charge in [0.1, 0.15) is 11.8 Å². The van der Waals surface area contributed by atoms with E-state index in [2.05, 4.69) is 24.8 Å². The summed E-state index contributed by atoms with van der Waals surface area (Å²) in [4.78, 5) is 18.2. The first kappa shape index (κ1) is 16.6. The Labute approximate surface area is 155 Å². The van der Waals surface area contributed by atoms with Gasteiger partial charge in [0.2, 0.25) is 0 Å². The molecule has 0 amide bonds. The summed E-state index contributed by atoms with van der Waals surface area (Å²) >= 11 is 12.1. The molecule has 1 saturated heterocycles. The number of hydrogen-bond acceptors (Lipinski definition) is 5. The standard InChI is InChI=1S/C17H18Cl2N6/c18-12-2-1-11(7-13(12)19)8-17(20)3-5-25(6-4-17)16-14-15(22-9-21-14)23-10-24-16/h1-2,7,9-10H,3-6,8,20H2,(H,21,22,23,24). The minimum atomic E-state index is -0.259. The molecule has 4 rings (SSSR count). The smallest absolute Gasteiger partial charge is 0.162 e. The fourth-order valence-electron chi connectivity index (χ4n) is 3.38. The van der Waals surface area contributed by atoms with Gasteiger partial charge >= 0.3 is 0 Å². The zero-order valence-corrected chi connectivity index (χ0v) is 15.1. The Morgan fingerprint density at radius 2 is 1.92 bits per heavy atom. The molecule has 0 aliphatic carbocycles. The number of rotatable bonds is 3. The van der Waals surface area contributed by atoms with Gasteiger partial charge in [0.05, 0.1) is 16.4 Å². The summed E-state index contributed by atoms with van der Waals surface area (Å²) in [5.41, 5.74) is 9.07. The number of nitrogens with one attached hydrogen (secondary N) is 1. The molecule has 2 aromatic heterocycles. The number of piperidine rings is 1. The van der Waals surface area contributed by atoms with Crippen LogP contribution >= 0.6 is 23.2 Å². The van der Waals surface area contributed by atoms with Gasteiger partial charge in [0.15, 0.2) is 11.5 Å². The van der Waals surface area contributed by atoms with Crippen LogP contribution in [0.4, 0.5) is 5.82 Å². The van der Waals surface area contributed by atoms with Gasteiger partial charge in [-0.2, -0.15) is 0 Å². The molecule has 3 heterocycles. The molecule has 0 bridgehead atoms. The van der Waals surface area contributed by atoms with E-state index in [1.165, 1.54) is 0 Å². The Kier molecular flexibility index (Phi) is 4.27. The maximum Gasteiger partial charge on any atom is 0.162 e. The first-order chi connectivity index (χ1) is 12.0. The maximum atomic E-state index is 6.65. The monoisotopic (exact) mass is 376 g/mol. The Bertz CT molecular complexity index is 901. The van der Waals surface area contributed by atoms with Crippen molar-refractivity contribution in [3.63, 3.8) is 0 Å². The number of aromatic amines is 1. The van der Waals surface area contributed by atoms with Gasteiger partial charge in [-0.1, -0.05) is 29.3 Å². The molecular formula is C17H18Cl2N6. The van der Waals surface area contributed by atoms with Crippen LogP contribution in [0.2, 0.25) is 10.0 Å². The second-order valence-electron chi connectivity index (χ2n) is 6.57. The topological polar surface area (TPSA) is 83.7 Å². The first-order valence-corrected chi connectivity index (χ1v) is 8.91. The molecule has 0 saturated carbocycles. The molecule has 1 aromatic carbocycles. The van der Waals surface area contributed by atoms with E-state index in [1.807, 2.05) is 18.2 Å². The summed E-state index contributed by atoms with van der Waals surface area (Å²) in [6, 6.07) is 5.72. The average molecular weight is 377 g/mol. The molecule has 6 nitrogen and oxygen atoms in total. The second-order valence-corrected chi connectivity index (χ2v) is 7.39. The molecule has 130 valence electrons. The Hall–Kier alpha value is -1.89. The normalized spacial score (nSPS) is 17.2. The number of fused-ring (bicyclic) bond motifs is 1. The molecule has 3 N–H and O–H groups in total. The fourth-order valence-corrected chi connectivity index (χ4v) is 3.70. The molecule has 8 heteroatoms. The lowest BCUT2D eigenvalue weighted by Gasteiger charge is -2.40. The van der Waals surface area contributed by atoms with Crippen molar-refractivity contribution in [2.24, 2.45) is 5.73 Å². The largest absolute Gasteiger partial charge is 0.355 e. The predicted molar refractivity (Wildman–Crippen MR) is 100 cm³/mol. The van der Waals surface area contributed by atoms with Crippen molar-refractivity contribution in [3.05, 3.63) is 46.5 Å². The molecule has 0 atom stereocenters. The maximum absolute atomic E-state index is 6.65. The summed E-state index contributed by atoms with van der Waals surface area (Å²) in [6.07, 6.45) is 5.71. The zero-order chi connectivity index (χ0) is 17.4. The van der Waals surface area contributed by atoms with Crippen LogP contribution < -0.4 is 10.6 Å². The van der Waals surface area contributed by atoms with Crippen molar-refractivity contribution < 1.29 is 0 Å². The number of aromatic nitrogens is 4. The zero-order valence-electron chi connectivity index (χ0n) is 13.5. The van der Waals surface area contributed by atoms with Gasteiger partial charge in [0, 0.05) is 18.6 Å². The van der Waals surface area contributed by atoms with Crippen LogP contribution in [0.25, 0.3) is 11.2 Å². The van der Waals surface area contributed by atoms with Crippen molar-refractivity contribution in [2.45, 2.75) is 24.8 Å². The number of anilines is 1. The van der Waals surface area contributed by atoms with E-state index in [0.717, 1.165) is 54.9 Å². The average Bonchev–Trinajstić information content (AvgIpc) is 3.08. The van der Waals surface area contributed by atoms with Gasteiger partial charge in [-0.3, -0.25) is 0 Å². The number of hydrogen-bond donors (Lipinski definition) is 2. The van der Waals surface area contributed by atoms with E-state index in [9.17, 15) is 0 Å². The number of benzene rings is 1. The Morgan fingerprint density at radius 3 is 2.68 bits per heavy atom. The SMILES string of the molecule is NC1(Cc2ccc(Cl)c(Cl)c2)CCN(c2ncnc3[nH]cnc23)CC1. The Balaban J connectivity index is 1.48. The molecule has 0 spiro atoms. The predicted octanol–water partition coefficient (Wildman–Crippen LogP) is 3.20. The lowest BCUT2D eigenvalue weighted by atomic mass is 9.83. The summed E-state index contributed by atoms with van der Waals surface area (Å²) in [5, 5.41) is 1.14. The van der Waals surface area contributed by atoms with Gasteiger partial charge in [-0.05, 0) is 37.0 Å². The van der Waals surface area contributed by atoms with Crippen LogP contribution in [0.15, 0.2) is 30.9 Å². The van der Waals surface area contributed by atoms with E-state index in [4.69, 9.17) is 28.9 Å². The van der Waals surface area contributed by atoms with Gasteiger partial charge < -0.3 is 15.6 Å². The van der Waals surface area contributed by atoms with E-state index in [0.29, 0.717) is 10.0 Å². The minimum absolute atomic E-state index is 0.259. The third kappa shape index (κ3) is 3.29. The third-order valence-electron chi connectivity index (χ3n) is 4.80. The van der Waals surface area contributed by atoms with Crippen LogP contribution in [-0.4, -0.2) is 38.6 Å². The fraction of sp³-hybridized carbons (Fsp3) is 0.353. The molecule has 1 aliphatic rings. The van der Waals surface area contributed by atoms with Crippen molar-refractivity contribution in [2.75, 3.05) is 18.0 Å². The lowest BCUT2D eigenvalue weighted by Crippen LogP contribution is -2.52. The molecule has 0 radical (unpaired) electrons. The first-order valence-electron chi connectivity index (χ1n) is 8.16. The molecule has 3 aromatic rings. The summed E-state index contributed by atoms with van der Waals surface area (Å²) in [5.74, 6) is 0.864. The molecular weight excluding hydrogens is 359 g/mol. The van der Waals surface area contributed by atoms with Crippen LogP contribution in [0.3, 0.4) is 0 Å². The summed E-state index contributed by atoms with van der Waals surface area (Å²) in [7, 11) is 0. The summed E-state index contributed by atoms with van der Waals surface area (Å²) < 4.78 is 0. The number of imidazole rings is 1. The molecule has 1 fully saturated rings. The highest BCUT2D eigenvalue weighted by atomic mass is 35.5. The van der Waals surface area contributed by atoms with Gasteiger partial charge in [0.25, 0.3) is 0 Å². The summed E-state index contributed by atoms with van der Waals surface area (Å²) in [6.45, 7) is 1.66. The van der Waals surface area contributed by atoms with Crippen LogP contribution in [0.5, 0.6) is 0 Å². The van der Waals surface area contributed by atoms with Crippen molar-refractivity contribution in [1.29, 1.82) is 0 Å². The van der Waals surface area contributed by atoms with E-state index >= 15 is 0 Å². The van der Waals surface area contributed by atoms with Crippen LogP contribution in [0, 0.1) is 0 Å². The lowest BCUT2D eigenvalue weighted by molar-refractivity contribution is 0.330. The van der Waals surface area contributed by atoms with Crippen molar-refractivity contribution in [1.82, 2.24) is 19.9 Å². The van der Waals surface area contributed by atoms with Crippen molar-refractivity contribution in [3.8, 4) is 0 Å². The van der Waals surface area contributed by atoms with E-state index in [1.54, 1.807) is 12.7 Å². The number of halogens is 2. The van der Waals surface area contributed by atoms with Crippen LogP contribution in [0.1, 0.15) is 18.4 Å². The highest BCUT2D eigenvalue weighted by Gasteiger charge is 2.32. The third-order valence-corrected chi connectivity index (χ3v) is 5.54. The van der Waals surface area contributed by atoms with E-state index in [-0.39, 0.29) is 5.54 Å².